The summed E-state index contributed by atoms with van der Waals surface area (Å²) in [5.74, 6) is 0.687. The van der Waals surface area contributed by atoms with Crippen molar-refractivity contribution >= 4 is 0 Å². The summed E-state index contributed by atoms with van der Waals surface area (Å²) >= 11 is 0. The van der Waals surface area contributed by atoms with Gasteiger partial charge in [-0.25, -0.2) is 4.39 Å². The summed E-state index contributed by atoms with van der Waals surface area (Å²) in [5, 5.41) is 4.09. The fraction of sp³-hybridized carbons (Fsp3) is 0.250. The Balaban J connectivity index is 2.06. The Morgan fingerprint density at radius 1 is 1.47 bits per heavy atom. The van der Waals surface area contributed by atoms with Gasteiger partial charge in [-0.05, 0) is 19.1 Å². The first-order valence-corrected chi connectivity index (χ1v) is 5.35. The zero-order valence-electron chi connectivity index (χ0n) is 9.51. The van der Waals surface area contributed by atoms with E-state index in [4.69, 9.17) is 10.5 Å². The number of rotatable bonds is 4. The van der Waals surface area contributed by atoms with Crippen molar-refractivity contribution in [2.45, 2.75) is 19.5 Å². The molecule has 17 heavy (non-hydrogen) atoms. The molecule has 0 aliphatic heterocycles. The molecule has 2 N–H and O–H groups in total. The highest BCUT2D eigenvalue weighted by molar-refractivity contribution is 5.28. The molecule has 5 heteroatoms. The summed E-state index contributed by atoms with van der Waals surface area (Å²) in [6.45, 7) is 2.52. The normalized spacial score (nSPS) is 12.4. The molecule has 90 valence electrons. The van der Waals surface area contributed by atoms with Crippen LogP contribution in [0, 0.1) is 5.82 Å². The van der Waals surface area contributed by atoms with E-state index in [2.05, 4.69) is 5.10 Å². The molecule has 1 unspecified atom stereocenters. The van der Waals surface area contributed by atoms with Crippen LogP contribution in [-0.4, -0.2) is 15.8 Å². The van der Waals surface area contributed by atoms with Crippen LogP contribution in [-0.2, 0) is 6.54 Å². The summed E-state index contributed by atoms with van der Waals surface area (Å²) in [5.41, 5.74) is 5.65. The number of nitrogens with two attached hydrogens (primary N) is 1. The van der Waals surface area contributed by atoms with E-state index in [1.54, 1.807) is 29.2 Å². The van der Waals surface area contributed by atoms with Crippen molar-refractivity contribution in [3.05, 3.63) is 42.5 Å². The third-order valence-corrected chi connectivity index (χ3v) is 2.12. The van der Waals surface area contributed by atoms with E-state index in [0.29, 0.717) is 18.0 Å². The van der Waals surface area contributed by atoms with Crippen LogP contribution in [0.5, 0.6) is 11.5 Å². The van der Waals surface area contributed by atoms with Gasteiger partial charge in [0.05, 0.1) is 18.9 Å². The quantitative estimate of drug-likeness (QED) is 0.883. The van der Waals surface area contributed by atoms with E-state index in [1.807, 2.05) is 6.92 Å². The molecule has 0 spiro atoms. The molecule has 0 saturated carbocycles. The van der Waals surface area contributed by atoms with Crippen molar-refractivity contribution < 1.29 is 9.13 Å². The maximum atomic E-state index is 12.9. The Bertz CT molecular complexity index is 496. The van der Waals surface area contributed by atoms with Gasteiger partial charge in [0.15, 0.2) is 5.75 Å². The van der Waals surface area contributed by atoms with Gasteiger partial charge in [0, 0.05) is 12.1 Å². The van der Waals surface area contributed by atoms with Crippen molar-refractivity contribution in [3.63, 3.8) is 0 Å². The third kappa shape index (κ3) is 3.29. The minimum absolute atomic E-state index is 0.0249. The van der Waals surface area contributed by atoms with Crippen LogP contribution in [0.15, 0.2) is 36.7 Å². The van der Waals surface area contributed by atoms with E-state index in [-0.39, 0.29) is 11.9 Å². The van der Waals surface area contributed by atoms with Gasteiger partial charge in [-0.1, -0.05) is 6.07 Å². The fourth-order valence-corrected chi connectivity index (χ4v) is 1.46. The first-order valence-electron chi connectivity index (χ1n) is 5.35. The molecular formula is C12H14FN3O. The summed E-state index contributed by atoms with van der Waals surface area (Å²) in [6, 6.07) is 6.00. The Hall–Kier alpha value is -1.88. The lowest BCUT2D eigenvalue weighted by Gasteiger charge is -2.04. The molecule has 0 aliphatic rings. The van der Waals surface area contributed by atoms with E-state index < -0.39 is 0 Å². The largest absolute Gasteiger partial charge is 0.454 e. The Morgan fingerprint density at radius 3 is 3.00 bits per heavy atom. The molecule has 0 radical (unpaired) electrons. The minimum atomic E-state index is -0.328. The van der Waals surface area contributed by atoms with Gasteiger partial charge in [0.1, 0.15) is 11.6 Å². The lowest BCUT2D eigenvalue weighted by Crippen LogP contribution is -2.22. The van der Waals surface area contributed by atoms with Crippen LogP contribution in [0.3, 0.4) is 0 Å². The number of hydrogen-bond donors (Lipinski definition) is 1. The van der Waals surface area contributed by atoms with Crippen LogP contribution < -0.4 is 10.5 Å². The first kappa shape index (κ1) is 11.6. The van der Waals surface area contributed by atoms with Crippen LogP contribution in [0.4, 0.5) is 4.39 Å². The number of benzene rings is 1. The fourth-order valence-electron chi connectivity index (χ4n) is 1.46. The van der Waals surface area contributed by atoms with E-state index in [1.165, 1.54) is 12.1 Å². The maximum absolute atomic E-state index is 12.9. The summed E-state index contributed by atoms with van der Waals surface area (Å²) in [7, 11) is 0. The van der Waals surface area contributed by atoms with Crippen LogP contribution in [0.2, 0.25) is 0 Å². The average Bonchev–Trinajstić information content (AvgIpc) is 2.64. The van der Waals surface area contributed by atoms with Gasteiger partial charge < -0.3 is 10.5 Å². The second-order valence-corrected chi connectivity index (χ2v) is 3.93. The highest BCUT2D eigenvalue weighted by atomic mass is 19.1. The lowest BCUT2D eigenvalue weighted by molar-refractivity contribution is 0.473. The average molecular weight is 235 g/mol. The van der Waals surface area contributed by atoms with Gasteiger partial charge in [0.2, 0.25) is 0 Å². The molecule has 1 aromatic heterocycles. The summed E-state index contributed by atoms with van der Waals surface area (Å²) < 4.78 is 20.1. The summed E-state index contributed by atoms with van der Waals surface area (Å²) in [6.07, 6.45) is 3.31. The van der Waals surface area contributed by atoms with E-state index in [0.717, 1.165) is 0 Å². The lowest BCUT2D eigenvalue weighted by atomic mass is 10.3. The number of aromatic nitrogens is 2. The molecule has 0 bridgehead atoms. The SMILES string of the molecule is CC(N)Cn1cc(Oc2cccc(F)c2)cn1. The molecule has 1 atom stereocenters. The number of ether oxygens (including phenoxy) is 1. The monoisotopic (exact) mass is 235 g/mol. The second kappa shape index (κ2) is 4.97. The molecule has 0 fully saturated rings. The van der Waals surface area contributed by atoms with Crippen molar-refractivity contribution in [2.75, 3.05) is 0 Å². The smallest absolute Gasteiger partial charge is 0.165 e. The van der Waals surface area contributed by atoms with Crippen molar-refractivity contribution in [2.24, 2.45) is 5.73 Å². The highest BCUT2D eigenvalue weighted by Crippen LogP contribution is 2.21. The first-order chi connectivity index (χ1) is 8.13. The van der Waals surface area contributed by atoms with Crippen LogP contribution in [0.25, 0.3) is 0 Å². The van der Waals surface area contributed by atoms with Gasteiger partial charge >= 0.3 is 0 Å². The number of halogens is 1. The van der Waals surface area contributed by atoms with Crippen LogP contribution in [0.1, 0.15) is 6.92 Å². The third-order valence-electron chi connectivity index (χ3n) is 2.12. The summed E-state index contributed by atoms with van der Waals surface area (Å²) in [4.78, 5) is 0. The molecule has 1 aromatic carbocycles. The number of nitrogens with zero attached hydrogens (tertiary/aromatic N) is 2. The predicted molar refractivity (Wildman–Crippen MR) is 62.4 cm³/mol. The molecule has 2 aromatic rings. The second-order valence-electron chi connectivity index (χ2n) is 3.93. The van der Waals surface area contributed by atoms with Crippen molar-refractivity contribution in [1.29, 1.82) is 0 Å². The van der Waals surface area contributed by atoms with E-state index >= 15 is 0 Å². The Kier molecular flexibility index (Phi) is 3.39. The molecule has 0 aliphatic carbocycles. The molecule has 0 saturated heterocycles. The molecule has 0 amide bonds. The topological polar surface area (TPSA) is 53.1 Å². The van der Waals surface area contributed by atoms with Gasteiger partial charge in [-0.3, -0.25) is 4.68 Å². The standard InChI is InChI=1S/C12H14FN3O/c1-9(14)7-16-8-12(6-15-16)17-11-4-2-3-10(13)5-11/h2-6,8-9H,7,14H2,1H3. The van der Waals surface area contributed by atoms with Gasteiger partial charge in [-0.2, -0.15) is 5.10 Å². The van der Waals surface area contributed by atoms with Crippen LogP contribution >= 0.6 is 0 Å². The maximum Gasteiger partial charge on any atom is 0.165 e. The van der Waals surface area contributed by atoms with Crippen molar-refractivity contribution in [1.82, 2.24) is 9.78 Å². The zero-order chi connectivity index (χ0) is 12.3. The van der Waals surface area contributed by atoms with Gasteiger partial charge in [-0.15, -0.1) is 0 Å². The molecule has 2 rings (SSSR count). The molecule has 4 nitrogen and oxygen atoms in total. The molecular weight excluding hydrogens is 221 g/mol. The zero-order valence-corrected chi connectivity index (χ0v) is 9.51. The minimum Gasteiger partial charge on any atom is -0.454 e. The Labute approximate surface area is 98.8 Å². The highest BCUT2D eigenvalue weighted by Gasteiger charge is 2.03. The predicted octanol–water partition coefficient (Wildman–Crippen LogP) is 2.16. The van der Waals surface area contributed by atoms with Crippen molar-refractivity contribution in [3.8, 4) is 11.5 Å². The van der Waals surface area contributed by atoms with Gasteiger partial charge in [0.25, 0.3) is 0 Å². The van der Waals surface area contributed by atoms with E-state index in [9.17, 15) is 4.39 Å². The molecule has 1 heterocycles. The number of hydrogen-bond acceptors (Lipinski definition) is 3. The Morgan fingerprint density at radius 2 is 2.29 bits per heavy atom.